The Kier molecular flexibility index (Phi) is 3.73. The predicted octanol–water partition coefficient (Wildman–Crippen LogP) is 4.77. The quantitative estimate of drug-likeness (QED) is 0.746. The maximum atomic E-state index is 5.75. The van der Waals surface area contributed by atoms with Crippen LogP contribution in [0.2, 0.25) is 0 Å². The summed E-state index contributed by atoms with van der Waals surface area (Å²) in [5.41, 5.74) is 2.12. The summed E-state index contributed by atoms with van der Waals surface area (Å²) in [6, 6.07) is 18.3. The van der Waals surface area contributed by atoms with E-state index in [2.05, 4.69) is 16.4 Å². The number of rotatable bonds is 4. The van der Waals surface area contributed by atoms with Gasteiger partial charge < -0.3 is 10.1 Å². The zero-order valence-electron chi connectivity index (χ0n) is 12.2. The summed E-state index contributed by atoms with van der Waals surface area (Å²) in [7, 11) is 0. The van der Waals surface area contributed by atoms with Crippen molar-refractivity contribution in [1.82, 2.24) is 4.98 Å². The first-order valence-corrected chi connectivity index (χ1v) is 7.10. The van der Waals surface area contributed by atoms with Gasteiger partial charge in [0.25, 0.3) is 0 Å². The number of para-hydroxylation sites is 1. The fraction of sp³-hybridized carbons (Fsp3) is 0.167. The molecule has 0 aliphatic rings. The fourth-order valence-electron chi connectivity index (χ4n) is 2.23. The van der Waals surface area contributed by atoms with Crippen LogP contribution in [0.1, 0.15) is 13.8 Å². The normalized spacial score (nSPS) is 10.8. The number of anilines is 2. The highest BCUT2D eigenvalue weighted by molar-refractivity contribution is 5.90. The average Bonchev–Trinajstić information content (AvgIpc) is 2.48. The lowest BCUT2D eigenvalue weighted by molar-refractivity contribution is 0.236. The Labute approximate surface area is 124 Å². The molecule has 0 spiro atoms. The van der Waals surface area contributed by atoms with Crippen molar-refractivity contribution in [2.45, 2.75) is 20.0 Å². The molecule has 0 saturated carbocycles. The molecule has 2 aromatic carbocycles. The Morgan fingerprint density at radius 3 is 2.52 bits per heavy atom. The lowest BCUT2D eigenvalue weighted by Gasteiger charge is -2.12. The molecule has 21 heavy (non-hydrogen) atoms. The van der Waals surface area contributed by atoms with Crippen molar-refractivity contribution in [3.05, 3.63) is 60.8 Å². The van der Waals surface area contributed by atoms with Crippen LogP contribution in [0, 0.1) is 0 Å². The standard InChI is InChI=1S/C18H18N2O/c1-13(2)21-18-17-9-8-16(12-14(17)10-11-19-18)20-15-6-4-3-5-7-15/h3-13,20H,1-2H3. The van der Waals surface area contributed by atoms with Crippen molar-refractivity contribution < 1.29 is 4.74 Å². The highest BCUT2D eigenvalue weighted by atomic mass is 16.5. The van der Waals surface area contributed by atoms with E-state index in [4.69, 9.17) is 4.74 Å². The van der Waals surface area contributed by atoms with E-state index in [0.717, 1.165) is 22.1 Å². The Morgan fingerprint density at radius 2 is 1.76 bits per heavy atom. The second kappa shape index (κ2) is 5.83. The number of pyridine rings is 1. The maximum Gasteiger partial charge on any atom is 0.221 e. The van der Waals surface area contributed by atoms with Crippen LogP contribution in [0.25, 0.3) is 10.8 Å². The topological polar surface area (TPSA) is 34.1 Å². The molecular weight excluding hydrogens is 260 g/mol. The van der Waals surface area contributed by atoms with E-state index in [1.165, 1.54) is 0 Å². The van der Waals surface area contributed by atoms with E-state index in [-0.39, 0.29) is 6.10 Å². The Bertz CT molecular complexity index is 739. The third-order valence-electron chi connectivity index (χ3n) is 3.14. The summed E-state index contributed by atoms with van der Waals surface area (Å²) >= 11 is 0. The minimum atomic E-state index is 0.116. The highest BCUT2D eigenvalue weighted by Gasteiger charge is 2.06. The van der Waals surface area contributed by atoms with Gasteiger partial charge in [-0.15, -0.1) is 0 Å². The van der Waals surface area contributed by atoms with Crippen LogP contribution in [-0.4, -0.2) is 11.1 Å². The van der Waals surface area contributed by atoms with Gasteiger partial charge in [0.1, 0.15) is 0 Å². The van der Waals surface area contributed by atoms with Gasteiger partial charge >= 0.3 is 0 Å². The molecule has 0 amide bonds. The van der Waals surface area contributed by atoms with Crippen LogP contribution < -0.4 is 10.1 Å². The number of nitrogens with one attached hydrogen (secondary N) is 1. The van der Waals surface area contributed by atoms with Crippen LogP contribution in [-0.2, 0) is 0 Å². The van der Waals surface area contributed by atoms with Gasteiger partial charge in [-0.2, -0.15) is 0 Å². The van der Waals surface area contributed by atoms with E-state index in [0.29, 0.717) is 5.88 Å². The Morgan fingerprint density at radius 1 is 0.952 bits per heavy atom. The number of nitrogens with zero attached hydrogens (tertiary/aromatic N) is 1. The maximum absolute atomic E-state index is 5.75. The van der Waals surface area contributed by atoms with Gasteiger partial charge in [-0.05, 0) is 55.6 Å². The van der Waals surface area contributed by atoms with Crippen molar-refractivity contribution in [2.24, 2.45) is 0 Å². The molecule has 3 rings (SSSR count). The minimum Gasteiger partial charge on any atom is -0.475 e. The Hall–Kier alpha value is -2.55. The van der Waals surface area contributed by atoms with Gasteiger partial charge in [-0.25, -0.2) is 4.98 Å². The van der Waals surface area contributed by atoms with Crippen molar-refractivity contribution in [1.29, 1.82) is 0 Å². The number of aromatic nitrogens is 1. The molecule has 0 aliphatic heterocycles. The summed E-state index contributed by atoms with van der Waals surface area (Å²) in [6.45, 7) is 4.01. The van der Waals surface area contributed by atoms with E-state index >= 15 is 0 Å². The molecule has 0 saturated heterocycles. The second-order valence-electron chi connectivity index (χ2n) is 5.21. The lowest BCUT2D eigenvalue weighted by atomic mass is 10.1. The summed E-state index contributed by atoms with van der Waals surface area (Å²) in [6.07, 6.45) is 1.90. The first kappa shape index (κ1) is 13.4. The molecule has 0 radical (unpaired) electrons. The van der Waals surface area contributed by atoms with E-state index in [1.807, 2.05) is 62.4 Å². The number of hydrogen-bond donors (Lipinski definition) is 1. The zero-order chi connectivity index (χ0) is 14.7. The van der Waals surface area contributed by atoms with Crippen LogP contribution in [0.3, 0.4) is 0 Å². The molecule has 3 aromatic rings. The van der Waals surface area contributed by atoms with Gasteiger partial charge in [-0.1, -0.05) is 18.2 Å². The molecule has 1 N–H and O–H groups in total. The van der Waals surface area contributed by atoms with Gasteiger partial charge in [-0.3, -0.25) is 0 Å². The van der Waals surface area contributed by atoms with Crippen molar-refractivity contribution in [2.75, 3.05) is 5.32 Å². The number of ether oxygens (including phenoxy) is 1. The SMILES string of the molecule is CC(C)Oc1nccc2cc(Nc3ccccc3)ccc12. The average molecular weight is 278 g/mol. The van der Waals surface area contributed by atoms with Gasteiger partial charge in [0.2, 0.25) is 5.88 Å². The zero-order valence-corrected chi connectivity index (χ0v) is 12.2. The van der Waals surface area contributed by atoms with Gasteiger partial charge in [0, 0.05) is 23.0 Å². The van der Waals surface area contributed by atoms with Crippen molar-refractivity contribution in [3.63, 3.8) is 0 Å². The van der Waals surface area contributed by atoms with Gasteiger partial charge in [0.05, 0.1) is 6.10 Å². The summed E-state index contributed by atoms with van der Waals surface area (Å²) < 4.78 is 5.75. The molecule has 0 atom stereocenters. The molecule has 1 aromatic heterocycles. The molecule has 106 valence electrons. The third kappa shape index (κ3) is 3.14. The minimum absolute atomic E-state index is 0.116. The van der Waals surface area contributed by atoms with E-state index in [9.17, 15) is 0 Å². The first-order chi connectivity index (χ1) is 10.2. The fourth-order valence-corrected chi connectivity index (χ4v) is 2.23. The Balaban J connectivity index is 1.94. The molecule has 0 unspecified atom stereocenters. The largest absolute Gasteiger partial charge is 0.475 e. The van der Waals surface area contributed by atoms with E-state index in [1.54, 1.807) is 6.20 Å². The summed E-state index contributed by atoms with van der Waals surface area (Å²) in [4.78, 5) is 4.32. The van der Waals surface area contributed by atoms with Crippen LogP contribution in [0.15, 0.2) is 60.8 Å². The number of benzene rings is 2. The summed E-state index contributed by atoms with van der Waals surface area (Å²) in [5.74, 6) is 0.689. The smallest absolute Gasteiger partial charge is 0.221 e. The second-order valence-corrected chi connectivity index (χ2v) is 5.21. The van der Waals surface area contributed by atoms with Crippen molar-refractivity contribution in [3.8, 4) is 5.88 Å². The monoisotopic (exact) mass is 278 g/mol. The molecule has 0 bridgehead atoms. The number of fused-ring (bicyclic) bond motifs is 1. The lowest BCUT2D eigenvalue weighted by Crippen LogP contribution is -2.07. The molecular formula is C18H18N2O. The molecule has 3 nitrogen and oxygen atoms in total. The molecule has 3 heteroatoms. The van der Waals surface area contributed by atoms with E-state index < -0.39 is 0 Å². The molecule has 0 fully saturated rings. The molecule has 1 heterocycles. The van der Waals surface area contributed by atoms with Crippen LogP contribution in [0.4, 0.5) is 11.4 Å². The van der Waals surface area contributed by atoms with Gasteiger partial charge in [0.15, 0.2) is 0 Å². The third-order valence-corrected chi connectivity index (χ3v) is 3.14. The number of hydrogen-bond acceptors (Lipinski definition) is 3. The molecule has 0 aliphatic carbocycles. The first-order valence-electron chi connectivity index (χ1n) is 7.10. The van der Waals surface area contributed by atoms with Crippen molar-refractivity contribution >= 4 is 22.1 Å². The predicted molar refractivity (Wildman–Crippen MR) is 87.2 cm³/mol. The highest BCUT2D eigenvalue weighted by Crippen LogP contribution is 2.27. The van der Waals surface area contributed by atoms with Crippen LogP contribution in [0.5, 0.6) is 5.88 Å². The summed E-state index contributed by atoms with van der Waals surface area (Å²) in [5, 5.41) is 5.54. The van der Waals surface area contributed by atoms with Crippen LogP contribution >= 0.6 is 0 Å².